The summed E-state index contributed by atoms with van der Waals surface area (Å²) in [6.45, 7) is 15.8. The lowest BCUT2D eigenvalue weighted by Gasteiger charge is -2.31. The molecule has 0 aliphatic carbocycles. The molecule has 0 atom stereocenters. The van der Waals surface area contributed by atoms with Gasteiger partial charge < -0.3 is 15.5 Å². The molecule has 0 saturated carbocycles. The van der Waals surface area contributed by atoms with E-state index in [1.807, 2.05) is 36.4 Å². The minimum atomic E-state index is -2.53. The predicted octanol–water partition coefficient (Wildman–Crippen LogP) is 8.07. The normalized spacial score (nSPS) is 12.2. The first-order valence-corrected chi connectivity index (χ1v) is 18.0. The van der Waals surface area contributed by atoms with Gasteiger partial charge in [0.05, 0.1) is 0 Å². The van der Waals surface area contributed by atoms with Crippen molar-refractivity contribution < 1.29 is 10.2 Å². The van der Waals surface area contributed by atoms with Crippen molar-refractivity contribution in [1.29, 1.82) is 0 Å². The minimum absolute atomic E-state index is 0.0549. The van der Waals surface area contributed by atoms with Gasteiger partial charge in [-0.3, -0.25) is 0 Å². The highest BCUT2D eigenvalue weighted by atomic mass is 28.3. The molecule has 0 heterocycles. The number of anilines is 1. The molecule has 0 aliphatic heterocycles. The van der Waals surface area contributed by atoms with Crippen LogP contribution in [0.3, 0.4) is 0 Å². The monoisotopic (exact) mass is 599 g/mol. The van der Waals surface area contributed by atoms with Crippen LogP contribution in [-0.4, -0.2) is 18.3 Å². The summed E-state index contributed by atoms with van der Waals surface area (Å²) in [6.07, 6.45) is 0. The molecule has 0 aliphatic rings. The van der Waals surface area contributed by atoms with E-state index in [2.05, 4.69) is 132 Å². The Morgan fingerprint density at radius 2 is 1.14 bits per heavy atom. The van der Waals surface area contributed by atoms with Crippen molar-refractivity contribution in [2.75, 3.05) is 5.32 Å². The average Bonchev–Trinajstić information content (AvgIpc) is 3.00. The van der Waals surface area contributed by atoms with Crippen LogP contribution < -0.4 is 20.9 Å². The van der Waals surface area contributed by atoms with Gasteiger partial charge in [0, 0.05) is 28.9 Å². The minimum Gasteiger partial charge on any atom is -0.507 e. The lowest BCUT2D eigenvalue weighted by molar-refractivity contribution is 0.439. The van der Waals surface area contributed by atoms with E-state index in [0.717, 1.165) is 33.1 Å². The van der Waals surface area contributed by atoms with Gasteiger partial charge in [0.25, 0.3) is 0 Å². The Morgan fingerprint density at radius 3 is 1.70 bits per heavy atom. The first-order valence-electron chi connectivity index (χ1n) is 15.5. The Morgan fingerprint density at radius 1 is 0.591 bits per heavy atom. The number of benzene rings is 5. The topological polar surface area (TPSA) is 52.5 Å². The van der Waals surface area contributed by atoms with Gasteiger partial charge in [-0.1, -0.05) is 151 Å². The van der Waals surface area contributed by atoms with E-state index in [1.54, 1.807) is 0 Å². The predicted molar refractivity (Wildman–Crippen MR) is 190 cm³/mol. The lowest BCUT2D eigenvalue weighted by Crippen LogP contribution is -2.64. The Labute approximate surface area is 264 Å². The molecule has 0 saturated heterocycles. The highest BCUT2D eigenvalue weighted by molar-refractivity contribution is 7.11. The maximum absolute atomic E-state index is 12.1. The van der Waals surface area contributed by atoms with Crippen LogP contribution in [0.5, 0.6) is 11.5 Å². The number of para-hydroxylation sites is 2. The number of rotatable bonds is 7. The highest BCUT2D eigenvalue weighted by Gasteiger charge is 2.37. The molecular weight excluding hydrogens is 555 g/mol. The molecular formula is C40H45NO2Si. The molecule has 0 spiro atoms. The first-order chi connectivity index (χ1) is 20.8. The molecule has 0 unspecified atom stereocenters. The van der Waals surface area contributed by atoms with Crippen LogP contribution in [0.4, 0.5) is 5.69 Å². The molecule has 0 bridgehead atoms. The number of phenols is 2. The van der Waals surface area contributed by atoms with E-state index in [0.29, 0.717) is 18.0 Å². The molecule has 5 rings (SSSR count). The Bertz CT molecular complexity index is 1710. The molecule has 0 fully saturated rings. The van der Waals surface area contributed by atoms with Crippen molar-refractivity contribution in [2.45, 2.75) is 65.5 Å². The summed E-state index contributed by atoms with van der Waals surface area (Å²) in [5.74, 6) is 0.657. The van der Waals surface area contributed by atoms with Crippen LogP contribution in [-0.2, 0) is 17.4 Å². The molecule has 3 nitrogen and oxygen atoms in total. The zero-order valence-electron chi connectivity index (χ0n) is 27.1. The second kappa shape index (κ2) is 12.0. The second-order valence-corrected chi connectivity index (χ2v) is 17.9. The van der Waals surface area contributed by atoms with Gasteiger partial charge in [-0.25, -0.2) is 0 Å². The van der Waals surface area contributed by atoms with Crippen LogP contribution in [0.1, 0.15) is 58.2 Å². The van der Waals surface area contributed by atoms with E-state index >= 15 is 0 Å². The molecule has 5 aromatic carbocycles. The van der Waals surface area contributed by atoms with Crippen molar-refractivity contribution in [3.8, 4) is 22.6 Å². The molecule has 44 heavy (non-hydrogen) atoms. The summed E-state index contributed by atoms with van der Waals surface area (Å²) in [6, 6.07) is 39.7. The summed E-state index contributed by atoms with van der Waals surface area (Å²) >= 11 is 0. The zero-order chi connectivity index (χ0) is 31.7. The van der Waals surface area contributed by atoms with Gasteiger partial charge in [-0.05, 0) is 49.6 Å². The Balaban J connectivity index is 1.58. The van der Waals surface area contributed by atoms with Crippen molar-refractivity contribution >= 4 is 29.3 Å². The fourth-order valence-corrected chi connectivity index (χ4v) is 9.79. The van der Waals surface area contributed by atoms with Crippen molar-refractivity contribution in [1.82, 2.24) is 0 Å². The molecule has 5 aromatic rings. The largest absolute Gasteiger partial charge is 0.507 e. The molecule has 4 heteroatoms. The van der Waals surface area contributed by atoms with Gasteiger partial charge in [-0.2, -0.15) is 0 Å². The second-order valence-electron chi connectivity index (χ2n) is 14.0. The quantitative estimate of drug-likeness (QED) is 0.131. The lowest BCUT2D eigenvalue weighted by atomic mass is 9.79. The van der Waals surface area contributed by atoms with Crippen LogP contribution in [0, 0.1) is 0 Å². The molecule has 226 valence electrons. The Hall–Kier alpha value is -4.28. The van der Waals surface area contributed by atoms with Crippen molar-refractivity contribution in [3.63, 3.8) is 0 Å². The number of hydrogen-bond acceptors (Lipinski definition) is 3. The standard InChI is InChI=1S/C40H45NO2Si/c1-39(2,3)29-25-28(37(42)34(26-29)40(4,5)6)27-41-35-23-15-14-21-32(35)33-22-16-24-36(38(33)43)44(7,30-17-10-8-11-18-30)31-19-12-9-13-20-31/h8-26,41-43H,27H2,1-7H3. The average molecular weight is 600 g/mol. The molecule has 0 amide bonds. The van der Waals surface area contributed by atoms with Gasteiger partial charge in [0.15, 0.2) is 0 Å². The van der Waals surface area contributed by atoms with Crippen molar-refractivity contribution in [2.24, 2.45) is 0 Å². The highest BCUT2D eigenvalue weighted by Crippen LogP contribution is 2.39. The fourth-order valence-electron chi connectivity index (χ4n) is 6.08. The van der Waals surface area contributed by atoms with E-state index < -0.39 is 8.07 Å². The fraction of sp³-hybridized carbons (Fsp3) is 0.250. The number of nitrogens with one attached hydrogen (secondary N) is 1. The first kappa shape index (κ1) is 31.2. The summed E-state index contributed by atoms with van der Waals surface area (Å²) in [4.78, 5) is 0. The number of phenolic OH excluding ortho intramolecular Hbond substituents is 2. The maximum Gasteiger partial charge on any atom is 0.150 e. The van der Waals surface area contributed by atoms with Crippen LogP contribution in [0.25, 0.3) is 11.1 Å². The van der Waals surface area contributed by atoms with Gasteiger partial charge in [0.1, 0.15) is 19.6 Å². The Kier molecular flexibility index (Phi) is 8.50. The molecule has 3 N–H and O–H groups in total. The summed E-state index contributed by atoms with van der Waals surface area (Å²) in [5, 5.41) is 30.5. The van der Waals surface area contributed by atoms with Crippen LogP contribution in [0.2, 0.25) is 6.55 Å². The maximum atomic E-state index is 12.1. The van der Waals surface area contributed by atoms with E-state index in [9.17, 15) is 10.2 Å². The van der Waals surface area contributed by atoms with E-state index in [1.165, 1.54) is 15.9 Å². The third-order valence-corrected chi connectivity index (χ3v) is 13.3. The molecule has 0 aromatic heterocycles. The van der Waals surface area contributed by atoms with Crippen molar-refractivity contribution in [3.05, 3.63) is 132 Å². The van der Waals surface area contributed by atoms with E-state index in [4.69, 9.17) is 0 Å². The third-order valence-electron chi connectivity index (χ3n) is 8.83. The van der Waals surface area contributed by atoms with Crippen LogP contribution in [0.15, 0.2) is 115 Å². The van der Waals surface area contributed by atoms with Gasteiger partial charge >= 0.3 is 0 Å². The summed E-state index contributed by atoms with van der Waals surface area (Å²) < 4.78 is 0. The zero-order valence-corrected chi connectivity index (χ0v) is 28.1. The van der Waals surface area contributed by atoms with E-state index in [-0.39, 0.29) is 10.8 Å². The van der Waals surface area contributed by atoms with Gasteiger partial charge in [0.2, 0.25) is 0 Å². The third kappa shape index (κ3) is 6.04. The van der Waals surface area contributed by atoms with Gasteiger partial charge in [-0.15, -0.1) is 0 Å². The smallest absolute Gasteiger partial charge is 0.150 e. The number of aromatic hydroxyl groups is 2. The summed E-state index contributed by atoms with van der Waals surface area (Å²) in [5.41, 5.74) is 5.38. The van der Waals surface area contributed by atoms with Crippen LogP contribution >= 0.6 is 0 Å². The SMILES string of the molecule is CC(C)(C)c1cc(CNc2ccccc2-c2cccc([Si](C)(c3ccccc3)c3ccccc3)c2O)c(O)c(C(C)(C)C)c1. The molecule has 0 radical (unpaired) electrons. The number of hydrogen-bond donors (Lipinski definition) is 3. The summed E-state index contributed by atoms with van der Waals surface area (Å²) in [7, 11) is -2.53.